The van der Waals surface area contributed by atoms with Gasteiger partial charge >= 0.3 is 18.9 Å². The van der Waals surface area contributed by atoms with Crippen molar-refractivity contribution in [3.63, 3.8) is 0 Å². The van der Waals surface area contributed by atoms with Crippen LogP contribution in [0, 0.1) is 6.92 Å². The molecule has 0 saturated carbocycles. The van der Waals surface area contributed by atoms with Gasteiger partial charge in [-0.05, 0) is 32.5 Å². The van der Waals surface area contributed by atoms with E-state index >= 15 is 0 Å². The third-order valence-electron chi connectivity index (χ3n) is 2.73. The Bertz CT molecular complexity index is 135. The fourth-order valence-corrected chi connectivity index (χ4v) is 1.90. The number of allylic oxidation sites excluding steroid dienone is 1. The van der Waals surface area contributed by atoms with E-state index in [9.17, 15) is 0 Å². The predicted molar refractivity (Wildman–Crippen MR) is 58.6 cm³/mol. The summed E-state index contributed by atoms with van der Waals surface area (Å²) in [5.41, 5.74) is 0. The molecular weight excluding hydrogens is 165 g/mol. The van der Waals surface area contributed by atoms with Crippen LogP contribution in [0.1, 0.15) is 38.5 Å². The first-order valence-corrected chi connectivity index (χ1v) is 5.60. The Kier molecular flexibility index (Phi) is 9.83. The van der Waals surface area contributed by atoms with Crippen LogP contribution in [-0.2, 0) is 0 Å². The van der Waals surface area contributed by atoms with E-state index < -0.39 is 0 Å². The summed E-state index contributed by atoms with van der Waals surface area (Å²) in [5.74, 6) is 0. The monoisotopic (exact) mass is 187 g/mol. The van der Waals surface area contributed by atoms with Crippen molar-refractivity contribution in [3.8, 4) is 0 Å². The standard InChI is InChI=1S/C12H22N.Li/c1-2-3-10-13-11-8-6-4-5-7-9-12-13;/h2-3H,1,4-12H2;/q-1;+1. The van der Waals surface area contributed by atoms with Crippen LogP contribution in [0.15, 0.2) is 12.2 Å². The van der Waals surface area contributed by atoms with Crippen LogP contribution in [0.2, 0.25) is 0 Å². The van der Waals surface area contributed by atoms with Gasteiger partial charge in [0.25, 0.3) is 0 Å². The minimum absolute atomic E-state index is 0. The predicted octanol–water partition coefficient (Wildman–Crippen LogP) is 0.0369. The summed E-state index contributed by atoms with van der Waals surface area (Å²) in [6, 6.07) is 0. The van der Waals surface area contributed by atoms with Crippen LogP contribution in [-0.4, -0.2) is 24.5 Å². The van der Waals surface area contributed by atoms with E-state index in [0.29, 0.717) is 0 Å². The molecule has 2 heteroatoms. The van der Waals surface area contributed by atoms with Crippen molar-refractivity contribution in [2.75, 3.05) is 19.6 Å². The van der Waals surface area contributed by atoms with Crippen LogP contribution < -0.4 is 18.9 Å². The maximum absolute atomic E-state index is 3.72. The van der Waals surface area contributed by atoms with Gasteiger partial charge in [0.2, 0.25) is 0 Å². The molecule has 0 N–H and O–H groups in total. The van der Waals surface area contributed by atoms with Crippen molar-refractivity contribution in [1.82, 2.24) is 4.90 Å². The molecule has 0 aromatic rings. The first-order valence-electron chi connectivity index (χ1n) is 5.60. The van der Waals surface area contributed by atoms with Crippen LogP contribution in [0.25, 0.3) is 0 Å². The molecule has 1 rings (SSSR count). The summed E-state index contributed by atoms with van der Waals surface area (Å²) in [7, 11) is 0. The molecule has 0 spiro atoms. The minimum Gasteiger partial charge on any atom is -0.316 e. The third-order valence-corrected chi connectivity index (χ3v) is 2.73. The van der Waals surface area contributed by atoms with Crippen molar-refractivity contribution in [1.29, 1.82) is 0 Å². The Morgan fingerprint density at radius 2 is 1.43 bits per heavy atom. The van der Waals surface area contributed by atoms with Gasteiger partial charge in [0.05, 0.1) is 0 Å². The summed E-state index contributed by atoms with van der Waals surface area (Å²) in [6.07, 6.45) is 12.6. The fraction of sp³-hybridized carbons (Fsp3) is 0.750. The van der Waals surface area contributed by atoms with Crippen molar-refractivity contribution in [2.24, 2.45) is 0 Å². The molecule has 76 valence electrons. The zero-order valence-electron chi connectivity index (χ0n) is 9.67. The zero-order chi connectivity index (χ0) is 9.36. The molecule has 1 aliphatic heterocycles. The van der Waals surface area contributed by atoms with E-state index in [1.54, 1.807) is 0 Å². The van der Waals surface area contributed by atoms with E-state index in [0.717, 1.165) is 6.54 Å². The van der Waals surface area contributed by atoms with E-state index in [-0.39, 0.29) is 18.9 Å². The molecule has 1 fully saturated rings. The molecular formula is C12H22LiN. The maximum atomic E-state index is 3.72. The third kappa shape index (κ3) is 6.60. The van der Waals surface area contributed by atoms with E-state index in [1.165, 1.54) is 51.6 Å². The van der Waals surface area contributed by atoms with Crippen molar-refractivity contribution in [2.45, 2.75) is 38.5 Å². The van der Waals surface area contributed by atoms with Gasteiger partial charge in [-0.15, -0.1) is 0 Å². The second kappa shape index (κ2) is 9.71. The largest absolute Gasteiger partial charge is 1.00 e. The molecule has 0 atom stereocenters. The van der Waals surface area contributed by atoms with Gasteiger partial charge < -0.3 is 4.90 Å². The molecule has 0 aromatic carbocycles. The number of hydrogen-bond donors (Lipinski definition) is 0. The van der Waals surface area contributed by atoms with Crippen molar-refractivity contribution < 1.29 is 18.9 Å². The van der Waals surface area contributed by atoms with Gasteiger partial charge in [0.1, 0.15) is 0 Å². The van der Waals surface area contributed by atoms with Gasteiger partial charge in [0, 0.05) is 0 Å². The van der Waals surface area contributed by atoms with Gasteiger partial charge in [-0.2, -0.15) is 0 Å². The van der Waals surface area contributed by atoms with E-state index in [1.807, 2.05) is 6.08 Å². The molecule has 14 heavy (non-hydrogen) atoms. The molecule has 0 bridgehead atoms. The average molecular weight is 187 g/mol. The molecule has 0 amide bonds. The zero-order valence-corrected chi connectivity index (χ0v) is 9.67. The Morgan fingerprint density at radius 3 is 1.93 bits per heavy atom. The Balaban J connectivity index is 0.00000169. The summed E-state index contributed by atoms with van der Waals surface area (Å²) in [5, 5.41) is 0. The van der Waals surface area contributed by atoms with Crippen LogP contribution >= 0.6 is 0 Å². The van der Waals surface area contributed by atoms with E-state index in [2.05, 4.69) is 17.9 Å². The quantitative estimate of drug-likeness (QED) is 0.436. The summed E-state index contributed by atoms with van der Waals surface area (Å²) < 4.78 is 0. The molecule has 1 aliphatic rings. The topological polar surface area (TPSA) is 3.24 Å². The maximum Gasteiger partial charge on any atom is 1.00 e. The molecule has 0 aromatic heterocycles. The Morgan fingerprint density at radius 1 is 0.929 bits per heavy atom. The first-order chi connectivity index (χ1) is 6.43. The number of nitrogens with zero attached hydrogens (tertiary/aromatic N) is 1. The average Bonchev–Trinajstić information content (AvgIpc) is 2.28. The van der Waals surface area contributed by atoms with Gasteiger partial charge in [-0.3, -0.25) is 0 Å². The minimum atomic E-state index is 0. The van der Waals surface area contributed by atoms with Crippen LogP contribution in [0.3, 0.4) is 0 Å². The Labute approximate surface area is 101 Å². The second-order valence-electron chi connectivity index (χ2n) is 3.89. The van der Waals surface area contributed by atoms with Gasteiger partial charge in [0.15, 0.2) is 0 Å². The second-order valence-corrected chi connectivity index (χ2v) is 3.89. The molecule has 0 radical (unpaired) electrons. The fourth-order valence-electron chi connectivity index (χ4n) is 1.90. The SMILES string of the molecule is [CH2-]C=CCN1CCCCCCCC1.[Li+]. The van der Waals surface area contributed by atoms with Gasteiger partial charge in [-0.1, -0.05) is 25.7 Å². The van der Waals surface area contributed by atoms with Crippen molar-refractivity contribution in [3.05, 3.63) is 19.1 Å². The molecule has 1 nitrogen and oxygen atoms in total. The molecule has 1 saturated heterocycles. The van der Waals surface area contributed by atoms with Crippen LogP contribution in [0.5, 0.6) is 0 Å². The number of hydrogen-bond acceptors (Lipinski definition) is 1. The molecule has 1 heterocycles. The molecule has 0 aliphatic carbocycles. The molecule has 0 unspecified atom stereocenters. The van der Waals surface area contributed by atoms with E-state index in [4.69, 9.17) is 0 Å². The van der Waals surface area contributed by atoms with Crippen molar-refractivity contribution >= 4 is 0 Å². The first kappa shape index (κ1) is 14.2. The normalized spacial score (nSPS) is 20.9. The summed E-state index contributed by atoms with van der Waals surface area (Å²) >= 11 is 0. The summed E-state index contributed by atoms with van der Waals surface area (Å²) in [6.45, 7) is 7.39. The Hall–Kier alpha value is 0.167. The number of rotatable bonds is 2. The van der Waals surface area contributed by atoms with Gasteiger partial charge in [-0.25, -0.2) is 19.1 Å². The van der Waals surface area contributed by atoms with Crippen LogP contribution in [0.4, 0.5) is 0 Å². The smallest absolute Gasteiger partial charge is 0.316 e. The summed E-state index contributed by atoms with van der Waals surface area (Å²) in [4.78, 5) is 2.55.